The molecule has 0 unspecified atom stereocenters. The maximum Gasteiger partial charge on any atom is 0.266 e. The quantitative estimate of drug-likeness (QED) is 0.244. The molecule has 3 aromatic rings. The second kappa shape index (κ2) is 11.7. The van der Waals surface area contributed by atoms with Crippen molar-refractivity contribution in [1.82, 2.24) is 0 Å². The molecule has 8 heteroatoms. The van der Waals surface area contributed by atoms with Crippen LogP contribution in [0.5, 0.6) is 11.5 Å². The number of ether oxygens (including phenoxy) is 2. The fourth-order valence-corrected chi connectivity index (χ4v) is 3.63. The molecule has 174 valence electrons. The van der Waals surface area contributed by atoms with Crippen LogP contribution in [0.2, 0.25) is 5.02 Å². The Bertz CT molecular complexity index is 1270. The summed E-state index contributed by atoms with van der Waals surface area (Å²) < 4.78 is 25.3. The molecule has 3 aromatic carbocycles. The normalized spacial score (nSPS) is 11.0. The molecule has 0 radical (unpaired) electrons. The van der Waals surface area contributed by atoms with Crippen molar-refractivity contribution in [1.29, 1.82) is 5.26 Å². The standard InChI is InChI=1S/C26H21BrClFN2O3/c1-3-33-24-12-18(21(27)13-25(24)34-15-17-7-9-20(29)10-8-17)11-19(14-30)26(32)31-23-6-4-5-22(28)16(23)2/h4-13H,3,15H2,1-2H3,(H,31,32)/b19-11+. The first-order valence-corrected chi connectivity index (χ1v) is 11.5. The third-order valence-electron chi connectivity index (χ3n) is 4.85. The molecule has 34 heavy (non-hydrogen) atoms. The molecule has 3 rings (SSSR count). The van der Waals surface area contributed by atoms with Gasteiger partial charge in [0.15, 0.2) is 11.5 Å². The zero-order chi connectivity index (χ0) is 24.7. The van der Waals surface area contributed by atoms with Crippen molar-refractivity contribution >= 4 is 45.2 Å². The topological polar surface area (TPSA) is 71.3 Å². The van der Waals surface area contributed by atoms with Crippen molar-refractivity contribution in [2.24, 2.45) is 0 Å². The van der Waals surface area contributed by atoms with Gasteiger partial charge in [0, 0.05) is 15.2 Å². The summed E-state index contributed by atoms with van der Waals surface area (Å²) in [7, 11) is 0. The molecule has 0 aromatic heterocycles. The van der Waals surface area contributed by atoms with Crippen LogP contribution in [0.15, 0.2) is 64.6 Å². The number of carbonyl (C=O) groups excluding carboxylic acids is 1. The lowest BCUT2D eigenvalue weighted by Crippen LogP contribution is -2.14. The fraction of sp³-hybridized carbons (Fsp3) is 0.154. The number of benzene rings is 3. The minimum absolute atomic E-state index is 0.0949. The zero-order valence-corrected chi connectivity index (χ0v) is 20.8. The zero-order valence-electron chi connectivity index (χ0n) is 18.5. The summed E-state index contributed by atoms with van der Waals surface area (Å²) in [5, 5.41) is 12.8. The van der Waals surface area contributed by atoms with Crippen LogP contribution in [-0.4, -0.2) is 12.5 Å². The maximum absolute atomic E-state index is 13.1. The van der Waals surface area contributed by atoms with E-state index in [0.29, 0.717) is 44.4 Å². The molecule has 0 aliphatic carbocycles. The van der Waals surface area contributed by atoms with Crippen LogP contribution in [-0.2, 0) is 11.4 Å². The summed E-state index contributed by atoms with van der Waals surface area (Å²) in [6, 6.07) is 16.5. The lowest BCUT2D eigenvalue weighted by Gasteiger charge is -2.14. The van der Waals surface area contributed by atoms with Crippen LogP contribution in [0.4, 0.5) is 10.1 Å². The average molecular weight is 544 g/mol. The van der Waals surface area contributed by atoms with Gasteiger partial charge in [-0.05, 0) is 73.0 Å². The van der Waals surface area contributed by atoms with Crippen LogP contribution >= 0.6 is 27.5 Å². The third kappa shape index (κ3) is 6.37. The number of nitrogens with zero attached hydrogens (tertiary/aromatic N) is 1. The van der Waals surface area contributed by atoms with Gasteiger partial charge in [-0.2, -0.15) is 5.26 Å². The number of nitriles is 1. The highest BCUT2D eigenvalue weighted by Gasteiger charge is 2.15. The second-order valence-electron chi connectivity index (χ2n) is 7.20. The van der Waals surface area contributed by atoms with E-state index in [0.717, 1.165) is 5.56 Å². The number of halogens is 3. The molecule has 1 N–H and O–H groups in total. The van der Waals surface area contributed by atoms with Gasteiger partial charge in [-0.25, -0.2) is 4.39 Å². The summed E-state index contributed by atoms with van der Waals surface area (Å²) >= 11 is 9.59. The van der Waals surface area contributed by atoms with E-state index in [4.69, 9.17) is 21.1 Å². The van der Waals surface area contributed by atoms with Gasteiger partial charge in [0.2, 0.25) is 0 Å². The van der Waals surface area contributed by atoms with E-state index in [1.54, 1.807) is 49.4 Å². The van der Waals surface area contributed by atoms with Crippen LogP contribution in [0.1, 0.15) is 23.6 Å². The lowest BCUT2D eigenvalue weighted by atomic mass is 10.1. The molecule has 0 heterocycles. The summed E-state index contributed by atoms with van der Waals surface area (Å²) in [5.41, 5.74) is 2.49. The molecule has 0 spiro atoms. The Morgan fingerprint density at radius 1 is 1.18 bits per heavy atom. The van der Waals surface area contributed by atoms with Gasteiger partial charge in [-0.1, -0.05) is 45.7 Å². The van der Waals surface area contributed by atoms with E-state index in [1.807, 2.05) is 13.0 Å². The van der Waals surface area contributed by atoms with E-state index in [9.17, 15) is 14.4 Å². The Morgan fingerprint density at radius 2 is 1.88 bits per heavy atom. The summed E-state index contributed by atoms with van der Waals surface area (Å²) in [5.74, 6) is 0.0324. The molecule has 0 bridgehead atoms. The molecule has 0 aliphatic rings. The third-order valence-corrected chi connectivity index (χ3v) is 5.95. The molecule has 1 amide bonds. The van der Waals surface area contributed by atoms with E-state index < -0.39 is 5.91 Å². The molecule has 0 atom stereocenters. The summed E-state index contributed by atoms with van der Waals surface area (Å²) in [4.78, 5) is 12.7. The Balaban J connectivity index is 1.86. The number of hydrogen-bond donors (Lipinski definition) is 1. The van der Waals surface area contributed by atoms with Crippen LogP contribution in [0.3, 0.4) is 0 Å². The van der Waals surface area contributed by atoms with Gasteiger partial charge < -0.3 is 14.8 Å². The highest BCUT2D eigenvalue weighted by molar-refractivity contribution is 9.10. The number of rotatable bonds is 8. The first-order chi connectivity index (χ1) is 16.3. The monoisotopic (exact) mass is 542 g/mol. The molecule has 0 fully saturated rings. The maximum atomic E-state index is 13.1. The summed E-state index contributed by atoms with van der Waals surface area (Å²) in [6.07, 6.45) is 1.46. The van der Waals surface area contributed by atoms with Gasteiger partial charge in [0.05, 0.1) is 6.61 Å². The van der Waals surface area contributed by atoms with E-state index >= 15 is 0 Å². The Hall–Kier alpha value is -3.34. The SMILES string of the molecule is CCOc1cc(/C=C(\C#N)C(=O)Nc2cccc(Cl)c2C)c(Br)cc1OCc1ccc(F)cc1. The Labute approximate surface area is 210 Å². The first kappa shape index (κ1) is 25.3. The largest absolute Gasteiger partial charge is 0.490 e. The summed E-state index contributed by atoms with van der Waals surface area (Å²) in [6.45, 7) is 4.22. The average Bonchev–Trinajstić information content (AvgIpc) is 2.82. The van der Waals surface area contributed by atoms with Crippen LogP contribution in [0, 0.1) is 24.1 Å². The van der Waals surface area contributed by atoms with Crippen molar-refractivity contribution in [2.75, 3.05) is 11.9 Å². The van der Waals surface area contributed by atoms with Gasteiger partial charge in [-0.3, -0.25) is 4.79 Å². The Morgan fingerprint density at radius 3 is 2.56 bits per heavy atom. The number of amides is 1. The smallest absolute Gasteiger partial charge is 0.266 e. The Kier molecular flexibility index (Phi) is 8.69. The molecule has 0 aliphatic heterocycles. The van der Waals surface area contributed by atoms with Gasteiger partial charge in [0.1, 0.15) is 24.1 Å². The van der Waals surface area contributed by atoms with E-state index in [1.165, 1.54) is 18.2 Å². The van der Waals surface area contributed by atoms with Crippen molar-refractivity contribution in [3.05, 3.63) is 92.2 Å². The van der Waals surface area contributed by atoms with Gasteiger partial charge in [0.25, 0.3) is 5.91 Å². The molecule has 5 nitrogen and oxygen atoms in total. The van der Waals surface area contributed by atoms with E-state index in [-0.39, 0.29) is 18.0 Å². The van der Waals surface area contributed by atoms with Crippen LogP contribution < -0.4 is 14.8 Å². The molecular weight excluding hydrogens is 523 g/mol. The number of carbonyl (C=O) groups is 1. The predicted octanol–water partition coefficient (Wildman–Crippen LogP) is 7.07. The van der Waals surface area contributed by atoms with Crippen molar-refractivity contribution in [3.63, 3.8) is 0 Å². The molecular formula is C26H21BrClFN2O3. The van der Waals surface area contributed by atoms with Gasteiger partial charge >= 0.3 is 0 Å². The highest BCUT2D eigenvalue weighted by Crippen LogP contribution is 2.35. The number of nitrogens with one attached hydrogen (secondary N) is 1. The lowest BCUT2D eigenvalue weighted by molar-refractivity contribution is -0.112. The minimum atomic E-state index is -0.561. The van der Waals surface area contributed by atoms with Gasteiger partial charge in [-0.15, -0.1) is 0 Å². The van der Waals surface area contributed by atoms with Crippen molar-refractivity contribution in [2.45, 2.75) is 20.5 Å². The number of anilines is 1. The first-order valence-electron chi connectivity index (χ1n) is 10.3. The van der Waals surface area contributed by atoms with Crippen molar-refractivity contribution < 1.29 is 18.7 Å². The number of hydrogen-bond acceptors (Lipinski definition) is 4. The highest BCUT2D eigenvalue weighted by atomic mass is 79.9. The van der Waals surface area contributed by atoms with E-state index in [2.05, 4.69) is 21.2 Å². The van der Waals surface area contributed by atoms with Crippen molar-refractivity contribution in [3.8, 4) is 17.6 Å². The predicted molar refractivity (Wildman–Crippen MR) is 134 cm³/mol. The molecule has 0 saturated carbocycles. The van der Waals surface area contributed by atoms with Crippen LogP contribution in [0.25, 0.3) is 6.08 Å². The molecule has 0 saturated heterocycles. The second-order valence-corrected chi connectivity index (χ2v) is 8.47. The minimum Gasteiger partial charge on any atom is -0.490 e. The fourth-order valence-electron chi connectivity index (χ4n) is 3.02.